The molecule has 27 heavy (non-hydrogen) atoms. The van der Waals surface area contributed by atoms with Crippen LogP contribution < -0.4 is 4.74 Å². The highest BCUT2D eigenvalue weighted by Gasteiger charge is 2.40. The van der Waals surface area contributed by atoms with Gasteiger partial charge in [-0.3, -0.25) is 0 Å². The summed E-state index contributed by atoms with van der Waals surface area (Å²) >= 11 is 0. The van der Waals surface area contributed by atoms with E-state index in [-0.39, 0.29) is 30.6 Å². The van der Waals surface area contributed by atoms with Crippen molar-refractivity contribution in [2.75, 3.05) is 53.4 Å². The van der Waals surface area contributed by atoms with Crippen LogP contribution in [0.1, 0.15) is 12.6 Å². The predicted molar refractivity (Wildman–Crippen MR) is 93.4 cm³/mol. The lowest BCUT2D eigenvalue weighted by molar-refractivity contribution is -0.142. The van der Waals surface area contributed by atoms with Crippen molar-refractivity contribution in [2.24, 2.45) is 4.99 Å². The zero-order valence-electron chi connectivity index (χ0n) is 15.3. The van der Waals surface area contributed by atoms with Crippen LogP contribution >= 0.6 is 0 Å². The number of carbonyl (C=O) groups is 1. The van der Waals surface area contributed by atoms with E-state index in [1.165, 1.54) is 19.2 Å². The molecule has 0 bridgehead atoms. The second-order valence-corrected chi connectivity index (χ2v) is 5.89. The summed E-state index contributed by atoms with van der Waals surface area (Å²) in [4.78, 5) is 19.2. The summed E-state index contributed by atoms with van der Waals surface area (Å²) in [7, 11) is 1.61. The van der Waals surface area contributed by atoms with E-state index < -0.39 is 11.5 Å². The van der Waals surface area contributed by atoms with Gasteiger partial charge in [0.1, 0.15) is 19.0 Å². The van der Waals surface area contributed by atoms with Gasteiger partial charge in [-0.2, -0.15) is 0 Å². The molecule has 2 rings (SSSR count). The van der Waals surface area contributed by atoms with Gasteiger partial charge >= 0.3 is 5.97 Å². The zero-order chi connectivity index (χ0) is 19.7. The molecule has 0 amide bonds. The van der Waals surface area contributed by atoms with Gasteiger partial charge in [0.15, 0.2) is 17.0 Å². The van der Waals surface area contributed by atoms with Gasteiger partial charge in [-0.1, -0.05) is 0 Å². The van der Waals surface area contributed by atoms with E-state index in [1.54, 1.807) is 7.11 Å². The standard InChI is InChI=1S/C17H24N2O8/c1-17(16(21)22)11-27-15(19-17)14-13(20)9-12(10-18-14)26-8-7-25-6-5-24-4-3-23-2/h9-10,20H,3-8,11H2,1-2H3,(H,21,22)/t17-/m1/s1. The van der Waals surface area contributed by atoms with Gasteiger partial charge in [0.25, 0.3) is 0 Å². The molecule has 0 aromatic carbocycles. The van der Waals surface area contributed by atoms with Crippen LogP contribution in [0.15, 0.2) is 17.3 Å². The molecule has 1 aliphatic heterocycles. The molecule has 1 aromatic heterocycles. The third-order valence-electron chi connectivity index (χ3n) is 3.64. The Morgan fingerprint density at radius 1 is 1.22 bits per heavy atom. The number of carboxylic acid groups (broad SMARTS) is 1. The SMILES string of the molecule is COCCOCCOCCOc1cnc(C2=N[C@@](C)(C(=O)O)CO2)c(O)c1. The summed E-state index contributed by atoms with van der Waals surface area (Å²) in [5.74, 6) is -0.995. The highest BCUT2D eigenvalue weighted by molar-refractivity contribution is 5.99. The van der Waals surface area contributed by atoms with Crippen molar-refractivity contribution in [2.45, 2.75) is 12.5 Å². The number of hydrogen-bond donors (Lipinski definition) is 2. The third kappa shape index (κ3) is 6.05. The molecule has 0 saturated heterocycles. The molecule has 2 heterocycles. The van der Waals surface area contributed by atoms with E-state index in [9.17, 15) is 9.90 Å². The number of aliphatic imine (C=N–C) groups is 1. The lowest BCUT2D eigenvalue weighted by atomic mass is 10.1. The lowest BCUT2D eigenvalue weighted by Crippen LogP contribution is -2.34. The first-order valence-electron chi connectivity index (χ1n) is 8.39. The summed E-state index contributed by atoms with van der Waals surface area (Å²) in [6.45, 7) is 3.91. The molecule has 0 aliphatic carbocycles. The molecule has 150 valence electrons. The Morgan fingerprint density at radius 2 is 1.89 bits per heavy atom. The van der Waals surface area contributed by atoms with Crippen molar-refractivity contribution in [3.05, 3.63) is 18.0 Å². The van der Waals surface area contributed by atoms with E-state index in [0.717, 1.165) is 0 Å². The van der Waals surface area contributed by atoms with E-state index >= 15 is 0 Å². The second-order valence-electron chi connectivity index (χ2n) is 5.89. The molecular weight excluding hydrogens is 360 g/mol. The van der Waals surface area contributed by atoms with Crippen LogP contribution in [-0.4, -0.2) is 86.0 Å². The highest BCUT2D eigenvalue weighted by atomic mass is 16.6. The van der Waals surface area contributed by atoms with Crippen LogP contribution in [0.2, 0.25) is 0 Å². The summed E-state index contributed by atoms with van der Waals surface area (Å²) < 4.78 is 26.2. The maximum atomic E-state index is 11.2. The van der Waals surface area contributed by atoms with Crippen LogP contribution in [0.25, 0.3) is 0 Å². The number of nitrogens with zero attached hydrogens (tertiary/aromatic N) is 2. The maximum absolute atomic E-state index is 11.2. The molecular formula is C17H24N2O8. The van der Waals surface area contributed by atoms with Gasteiger partial charge in [0, 0.05) is 13.2 Å². The summed E-state index contributed by atoms with van der Waals surface area (Å²) in [5, 5.41) is 19.2. The average Bonchev–Trinajstić information content (AvgIpc) is 3.04. The Morgan fingerprint density at radius 3 is 2.48 bits per heavy atom. The molecule has 0 fully saturated rings. The van der Waals surface area contributed by atoms with E-state index in [0.29, 0.717) is 38.8 Å². The van der Waals surface area contributed by atoms with E-state index in [4.69, 9.17) is 28.8 Å². The number of aromatic nitrogens is 1. The predicted octanol–water partition coefficient (Wildman–Crippen LogP) is 0.466. The minimum Gasteiger partial charge on any atom is -0.505 e. The fourth-order valence-electron chi connectivity index (χ4n) is 2.09. The van der Waals surface area contributed by atoms with Crippen LogP contribution in [0, 0.1) is 0 Å². The topological polar surface area (TPSA) is 129 Å². The van der Waals surface area contributed by atoms with Crippen LogP contribution in [0.3, 0.4) is 0 Å². The van der Waals surface area contributed by atoms with Crippen LogP contribution in [0.4, 0.5) is 0 Å². The van der Waals surface area contributed by atoms with Crippen molar-refractivity contribution in [3.8, 4) is 11.5 Å². The number of aromatic hydroxyl groups is 1. The smallest absolute Gasteiger partial charge is 0.335 e. The molecule has 10 heteroatoms. The number of ether oxygens (including phenoxy) is 5. The van der Waals surface area contributed by atoms with Gasteiger partial charge in [-0.15, -0.1) is 0 Å². The number of pyridine rings is 1. The molecule has 10 nitrogen and oxygen atoms in total. The summed E-state index contributed by atoms with van der Waals surface area (Å²) in [6, 6.07) is 1.36. The van der Waals surface area contributed by atoms with Crippen LogP contribution in [0.5, 0.6) is 11.5 Å². The molecule has 1 aromatic rings. The van der Waals surface area contributed by atoms with E-state index in [1.807, 2.05) is 0 Å². The zero-order valence-corrected chi connectivity index (χ0v) is 15.3. The number of hydrogen-bond acceptors (Lipinski definition) is 9. The second kappa shape index (κ2) is 10.0. The molecule has 0 saturated carbocycles. The Bertz CT molecular complexity index is 666. The molecule has 0 unspecified atom stereocenters. The van der Waals surface area contributed by atoms with Gasteiger partial charge in [0.2, 0.25) is 5.90 Å². The van der Waals surface area contributed by atoms with Gasteiger partial charge in [0.05, 0.1) is 39.2 Å². The first kappa shape index (κ1) is 20.9. The first-order valence-corrected chi connectivity index (χ1v) is 8.39. The van der Waals surface area contributed by atoms with Crippen molar-refractivity contribution >= 4 is 11.9 Å². The van der Waals surface area contributed by atoms with Crippen molar-refractivity contribution < 1.29 is 38.7 Å². The number of carboxylic acids is 1. The monoisotopic (exact) mass is 384 g/mol. The quantitative estimate of drug-likeness (QED) is 0.494. The fraction of sp³-hybridized carbons (Fsp3) is 0.588. The lowest BCUT2D eigenvalue weighted by Gasteiger charge is -2.10. The van der Waals surface area contributed by atoms with Crippen molar-refractivity contribution in [3.63, 3.8) is 0 Å². The third-order valence-corrected chi connectivity index (χ3v) is 3.64. The molecule has 0 radical (unpaired) electrons. The van der Waals surface area contributed by atoms with Gasteiger partial charge in [-0.25, -0.2) is 14.8 Å². The number of rotatable bonds is 12. The summed E-state index contributed by atoms with van der Waals surface area (Å²) in [6.07, 6.45) is 1.39. The Hall–Kier alpha value is -2.43. The maximum Gasteiger partial charge on any atom is 0.335 e. The van der Waals surface area contributed by atoms with Crippen molar-refractivity contribution in [1.29, 1.82) is 0 Å². The Labute approximate surface area is 156 Å². The Kier molecular flexibility index (Phi) is 7.77. The molecule has 1 aliphatic rings. The van der Waals surface area contributed by atoms with Gasteiger partial charge < -0.3 is 33.9 Å². The van der Waals surface area contributed by atoms with E-state index in [2.05, 4.69) is 9.98 Å². The minimum absolute atomic E-state index is 0.0132. The van der Waals surface area contributed by atoms with Gasteiger partial charge in [-0.05, 0) is 6.92 Å². The fourth-order valence-corrected chi connectivity index (χ4v) is 2.09. The number of methoxy groups -OCH3 is 1. The molecule has 1 atom stereocenters. The Balaban J connectivity index is 1.76. The highest BCUT2D eigenvalue weighted by Crippen LogP contribution is 2.27. The normalized spacial score (nSPS) is 18.8. The number of aliphatic carboxylic acids is 1. The van der Waals surface area contributed by atoms with Crippen molar-refractivity contribution in [1.82, 2.24) is 4.98 Å². The average molecular weight is 384 g/mol. The molecule has 0 spiro atoms. The van der Waals surface area contributed by atoms with Crippen LogP contribution in [-0.2, 0) is 23.7 Å². The first-order chi connectivity index (χ1) is 13.0. The minimum atomic E-state index is -1.39. The molecule has 2 N–H and O–H groups in total. The largest absolute Gasteiger partial charge is 0.505 e. The summed E-state index contributed by atoms with van der Waals surface area (Å²) in [5.41, 5.74) is -1.32.